The number of nitrogens with two attached hydrogens (primary N) is 1. The molecule has 22 heavy (non-hydrogen) atoms. The standard InChI is InChI=1S/C14H20N2O2.C2H4O2/c1-16(9-10-5-3-2-4-6-10)14(18)11-7-12(15)13(17)8-11;1-2(3)4/h2-6,11-13,17H,7-9,15H2,1H3;1H3,(H,3,4)/t11-,12+,13+;/m0./s1. The number of carboxylic acids is 1. The number of aliphatic hydroxyl groups is 1. The predicted molar refractivity (Wildman–Crippen MR) is 82.9 cm³/mol. The van der Waals surface area contributed by atoms with E-state index in [2.05, 4.69) is 0 Å². The lowest BCUT2D eigenvalue weighted by molar-refractivity contribution is -0.135. The number of hydrogen-bond acceptors (Lipinski definition) is 4. The molecule has 3 atom stereocenters. The Morgan fingerprint density at radius 3 is 2.27 bits per heavy atom. The van der Waals surface area contributed by atoms with Crippen molar-refractivity contribution in [2.75, 3.05) is 7.05 Å². The summed E-state index contributed by atoms with van der Waals surface area (Å²) in [5, 5.41) is 17.0. The first-order valence-corrected chi connectivity index (χ1v) is 7.23. The molecule has 0 bridgehead atoms. The summed E-state index contributed by atoms with van der Waals surface area (Å²) in [5.74, 6) is -0.894. The van der Waals surface area contributed by atoms with E-state index in [1.165, 1.54) is 0 Å². The van der Waals surface area contributed by atoms with Crippen LogP contribution in [-0.2, 0) is 16.1 Å². The quantitative estimate of drug-likeness (QED) is 0.767. The molecular formula is C16H24N2O4. The fourth-order valence-electron chi connectivity index (χ4n) is 2.50. The van der Waals surface area contributed by atoms with Gasteiger partial charge in [0.1, 0.15) is 0 Å². The lowest BCUT2D eigenvalue weighted by Gasteiger charge is -2.21. The van der Waals surface area contributed by atoms with Gasteiger partial charge in [-0.15, -0.1) is 0 Å². The van der Waals surface area contributed by atoms with E-state index in [-0.39, 0.29) is 17.9 Å². The number of nitrogens with zero attached hydrogens (tertiary/aromatic N) is 1. The molecule has 6 nitrogen and oxygen atoms in total. The molecule has 0 radical (unpaired) electrons. The van der Waals surface area contributed by atoms with Crippen LogP contribution in [0.2, 0.25) is 0 Å². The fourth-order valence-corrected chi connectivity index (χ4v) is 2.50. The average Bonchev–Trinajstić information content (AvgIpc) is 2.78. The molecule has 0 spiro atoms. The molecule has 0 unspecified atom stereocenters. The van der Waals surface area contributed by atoms with Gasteiger partial charge in [0.2, 0.25) is 5.91 Å². The Kier molecular flexibility index (Phi) is 7.01. The first-order valence-electron chi connectivity index (χ1n) is 7.23. The van der Waals surface area contributed by atoms with Gasteiger partial charge in [-0.2, -0.15) is 0 Å². The van der Waals surface area contributed by atoms with Crippen LogP contribution in [0.5, 0.6) is 0 Å². The van der Waals surface area contributed by atoms with Gasteiger partial charge in [0, 0.05) is 32.5 Å². The highest BCUT2D eigenvalue weighted by molar-refractivity contribution is 5.79. The summed E-state index contributed by atoms with van der Waals surface area (Å²) in [4.78, 5) is 22.9. The van der Waals surface area contributed by atoms with Gasteiger partial charge in [0.15, 0.2) is 0 Å². The van der Waals surface area contributed by atoms with Crippen molar-refractivity contribution in [3.63, 3.8) is 0 Å². The van der Waals surface area contributed by atoms with E-state index in [9.17, 15) is 9.90 Å². The first kappa shape index (κ1) is 18.1. The molecule has 0 saturated heterocycles. The lowest BCUT2D eigenvalue weighted by Crippen LogP contribution is -2.32. The highest BCUT2D eigenvalue weighted by Gasteiger charge is 2.35. The largest absolute Gasteiger partial charge is 0.481 e. The van der Waals surface area contributed by atoms with Crippen molar-refractivity contribution < 1.29 is 19.8 Å². The van der Waals surface area contributed by atoms with Crippen LogP contribution in [0.1, 0.15) is 25.3 Å². The van der Waals surface area contributed by atoms with Crippen molar-refractivity contribution in [1.82, 2.24) is 4.90 Å². The van der Waals surface area contributed by atoms with Crippen molar-refractivity contribution in [2.45, 2.75) is 38.5 Å². The molecule has 1 amide bonds. The summed E-state index contributed by atoms with van der Waals surface area (Å²) in [5.41, 5.74) is 6.85. The highest BCUT2D eigenvalue weighted by Crippen LogP contribution is 2.26. The van der Waals surface area contributed by atoms with Gasteiger partial charge in [-0.3, -0.25) is 9.59 Å². The minimum Gasteiger partial charge on any atom is -0.481 e. The summed E-state index contributed by atoms with van der Waals surface area (Å²) in [6, 6.07) is 9.62. The summed E-state index contributed by atoms with van der Waals surface area (Å²) in [7, 11) is 1.80. The number of carbonyl (C=O) groups excluding carboxylic acids is 1. The number of carboxylic acid groups (broad SMARTS) is 1. The van der Waals surface area contributed by atoms with Crippen LogP contribution in [0.25, 0.3) is 0 Å². The number of benzene rings is 1. The van der Waals surface area contributed by atoms with Crippen LogP contribution in [-0.4, -0.2) is 46.2 Å². The SMILES string of the molecule is CC(=O)O.CN(Cc1ccccc1)C(=O)[C@H]1C[C@@H](N)[C@H](O)C1. The van der Waals surface area contributed by atoms with Crippen LogP contribution in [0, 0.1) is 5.92 Å². The minimum absolute atomic E-state index is 0.0749. The van der Waals surface area contributed by atoms with Crippen molar-refractivity contribution in [2.24, 2.45) is 11.7 Å². The summed E-state index contributed by atoms with van der Waals surface area (Å²) < 4.78 is 0. The summed E-state index contributed by atoms with van der Waals surface area (Å²) >= 11 is 0. The third kappa shape index (κ3) is 5.83. The van der Waals surface area contributed by atoms with Gasteiger partial charge in [0.05, 0.1) is 6.10 Å². The van der Waals surface area contributed by atoms with E-state index in [1.54, 1.807) is 11.9 Å². The summed E-state index contributed by atoms with van der Waals surface area (Å²) in [6.07, 6.45) is 0.530. The molecule has 0 aromatic heterocycles. The molecule has 1 aromatic rings. The molecule has 6 heteroatoms. The molecule has 1 fully saturated rings. The Balaban J connectivity index is 0.000000541. The molecule has 1 aromatic carbocycles. The number of aliphatic hydroxyl groups excluding tert-OH is 1. The zero-order valence-corrected chi connectivity index (χ0v) is 13.0. The molecule has 4 N–H and O–H groups in total. The smallest absolute Gasteiger partial charge is 0.300 e. The number of amides is 1. The Hall–Kier alpha value is -1.92. The molecule has 122 valence electrons. The van der Waals surface area contributed by atoms with Crippen LogP contribution in [0.3, 0.4) is 0 Å². The number of carbonyl (C=O) groups is 2. The zero-order chi connectivity index (χ0) is 16.7. The van der Waals surface area contributed by atoms with E-state index in [1.807, 2.05) is 30.3 Å². The Labute approximate surface area is 130 Å². The van der Waals surface area contributed by atoms with Crippen molar-refractivity contribution in [3.05, 3.63) is 35.9 Å². The van der Waals surface area contributed by atoms with E-state index in [0.29, 0.717) is 19.4 Å². The van der Waals surface area contributed by atoms with E-state index < -0.39 is 12.1 Å². The Morgan fingerprint density at radius 2 is 1.82 bits per heavy atom. The van der Waals surface area contributed by atoms with Crippen LogP contribution in [0.4, 0.5) is 0 Å². The molecule has 1 aliphatic carbocycles. The second kappa shape index (κ2) is 8.51. The van der Waals surface area contributed by atoms with Crippen molar-refractivity contribution in [1.29, 1.82) is 0 Å². The Morgan fingerprint density at radius 1 is 1.27 bits per heavy atom. The van der Waals surface area contributed by atoms with Crippen molar-refractivity contribution in [3.8, 4) is 0 Å². The molecule has 0 heterocycles. The van der Waals surface area contributed by atoms with Gasteiger partial charge in [0.25, 0.3) is 5.97 Å². The van der Waals surface area contributed by atoms with E-state index in [4.69, 9.17) is 15.6 Å². The van der Waals surface area contributed by atoms with Gasteiger partial charge in [-0.25, -0.2) is 0 Å². The van der Waals surface area contributed by atoms with E-state index in [0.717, 1.165) is 12.5 Å². The highest BCUT2D eigenvalue weighted by atomic mass is 16.4. The van der Waals surface area contributed by atoms with Gasteiger partial charge < -0.3 is 20.8 Å². The molecule has 0 aliphatic heterocycles. The molecule has 1 saturated carbocycles. The second-order valence-electron chi connectivity index (χ2n) is 5.60. The fraction of sp³-hybridized carbons (Fsp3) is 0.500. The maximum absolute atomic E-state index is 12.2. The van der Waals surface area contributed by atoms with Gasteiger partial charge >= 0.3 is 0 Å². The third-order valence-electron chi connectivity index (χ3n) is 3.56. The third-order valence-corrected chi connectivity index (χ3v) is 3.56. The van der Waals surface area contributed by atoms with Gasteiger partial charge in [-0.1, -0.05) is 30.3 Å². The topological polar surface area (TPSA) is 104 Å². The molecular weight excluding hydrogens is 284 g/mol. The molecule has 2 rings (SSSR count). The number of hydrogen-bond donors (Lipinski definition) is 3. The monoisotopic (exact) mass is 308 g/mol. The predicted octanol–water partition coefficient (Wildman–Crippen LogP) is 0.834. The van der Waals surface area contributed by atoms with E-state index >= 15 is 0 Å². The van der Waals surface area contributed by atoms with Crippen molar-refractivity contribution >= 4 is 11.9 Å². The average molecular weight is 308 g/mol. The summed E-state index contributed by atoms with van der Waals surface area (Å²) in [6.45, 7) is 1.68. The maximum atomic E-state index is 12.2. The lowest BCUT2D eigenvalue weighted by atomic mass is 10.1. The normalized spacial score (nSPS) is 23.4. The maximum Gasteiger partial charge on any atom is 0.300 e. The van der Waals surface area contributed by atoms with Crippen LogP contribution < -0.4 is 5.73 Å². The van der Waals surface area contributed by atoms with Crippen LogP contribution in [0.15, 0.2) is 30.3 Å². The zero-order valence-electron chi connectivity index (χ0n) is 13.0. The van der Waals surface area contributed by atoms with Crippen LogP contribution >= 0.6 is 0 Å². The Bertz CT molecular complexity index is 478. The number of aliphatic carboxylic acids is 1. The molecule has 1 aliphatic rings. The van der Waals surface area contributed by atoms with Gasteiger partial charge in [-0.05, 0) is 18.4 Å². The second-order valence-corrected chi connectivity index (χ2v) is 5.60. The minimum atomic E-state index is -0.833. The first-order chi connectivity index (χ1) is 10.3. The number of rotatable bonds is 3.